The van der Waals surface area contributed by atoms with Crippen molar-refractivity contribution < 1.29 is 43.3 Å². The molecule has 5 aliphatic heterocycles. The van der Waals surface area contributed by atoms with Gasteiger partial charge in [-0.2, -0.15) is 0 Å². The number of carbonyl (C=O) groups excluding carboxylic acids is 5. The van der Waals surface area contributed by atoms with E-state index in [-0.39, 0.29) is 48.9 Å². The normalized spacial score (nSPS) is 26.5. The lowest BCUT2D eigenvalue weighted by Gasteiger charge is -2.39. The number of fused-ring (bicyclic) bond motifs is 6. The maximum atomic E-state index is 15.2. The van der Waals surface area contributed by atoms with Crippen LogP contribution in [0.1, 0.15) is 124 Å². The first-order chi connectivity index (χ1) is 36.6. The number of hydrazine groups is 1. The fourth-order valence-electron chi connectivity index (χ4n) is 12.5. The molecule has 414 valence electrons. The molecule has 4 amide bonds. The smallest absolute Gasteiger partial charge is 0.316 e. The molecule has 8 atom stereocenters. The number of aryl methyl sites for hydroxylation is 1. The molecule has 2 aromatic carbocycles. The Bertz CT molecular complexity index is 2940. The zero-order chi connectivity index (χ0) is 54.9. The van der Waals surface area contributed by atoms with E-state index < -0.39 is 58.4 Å². The van der Waals surface area contributed by atoms with Crippen LogP contribution in [0.3, 0.4) is 0 Å². The van der Waals surface area contributed by atoms with Crippen molar-refractivity contribution in [2.45, 2.75) is 163 Å². The summed E-state index contributed by atoms with van der Waals surface area (Å²) in [6.45, 7) is 19.9. The Balaban J connectivity index is 1.04. The van der Waals surface area contributed by atoms with Crippen LogP contribution in [-0.4, -0.2) is 135 Å². The van der Waals surface area contributed by atoms with Gasteiger partial charge in [0.25, 0.3) is 5.91 Å². The van der Waals surface area contributed by atoms with E-state index in [1.165, 1.54) is 5.01 Å². The van der Waals surface area contributed by atoms with Gasteiger partial charge in [-0.05, 0) is 155 Å². The number of benzene rings is 2. The van der Waals surface area contributed by atoms with E-state index >= 15 is 9.59 Å². The van der Waals surface area contributed by atoms with Crippen molar-refractivity contribution in [2.24, 2.45) is 28.1 Å². The molecule has 10 rings (SSSR count). The summed E-state index contributed by atoms with van der Waals surface area (Å²) in [7, 11) is 1.68. The number of hydrogen-bond donors (Lipinski definition) is 4. The minimum absolute atomic E-state index is 0.00326. The van der Waals surface area contributed by atoms with Gasteiger partial charge in [0.15, 0.2) is 6.29 Å². The minimum atomic E-state index is -1.27. The first-order valence-corrected chi connectivity index (χ1v) is 28.1. The summed E-state index contributed by atoms with van der Waals surface area (Å²) < 4.78 is 20.7. The van der Waals surface area contributed by atoms with Gasteiger partial charge >= 0.3 is 5.97 Å². The number of nitrogens with one attached hydrogen (secondary N) is 3. The lowest BCUT2D eigenvalue weighted by atomic mass is 9.84. The molecule has 6 aliphatic rings. The summed E-state index contributed by atoms with van der Waals surface area (Å²) in [5.74, 6) is -0.868. The highest BCUT2D eigenvalue weighted by molar-refractivity contribution is 5.97. The first kappa shape index (κ1) is 54.6. The molecule has 1 unspecified atom stereocenters. The van der Waals surface area contributed by atoms with Crippen molar-refractivity contribution in [3.8, 4) is 28.1 Å². The summed E-state index contributed by atoms with van der Waals surface area (Å²) >= 11 is 0. The molecular formula is C60H80N8O9. The number of hydrogen-bond acceptors (Lipinski definition) is 12. The van der Waals surface area contributed by atoms with E-state index in [4.69, 9.17) is 19.2 Å². The standard InChI is InChI=1S/C60H80N8O9/c1-11-66-46-19-18-38-30-42(46)43(51(66)41-14-12-22-61-47(41)35(4)75-10)31-59(8,9)33-76-55(72)44-15-13-23-68(64-44)53(70)45(28-36-26-39(38)29-40(27-36)77-57(74)58(5,6)7)62-52(69)50(34(2)3)67-25-21-60(56(67)73)20-24-65(32-60)54(71)49-48(63-49)37-16-17-37/h12,14,18-19,22,26-27,29-30,34-35,37,44-45,48-50,55,63-64,72H,11,13,15-17,20-21,23-25,28,31-33H2,1-10H3,(H,62,69)/t35-,44-,45-,48+,49+,50-,55?,60-/m0/s1. The second kappa shape index (κ2) is 21.2. The molecule has 4 saturated heterocycles. The van der Waals surface area contributed by atoms with Gasteiger partial charge in [0.2, 0.25) is 17.7 Å². The van der Waals surface area contributed by atoms with Crippen molar-refractivity contribution in [1.82, 2.24) is 40.4 Å². The fourth-order valence-corrected chi connectivity index (χ4v) is 12.5. The van der Waals surface area contributed by atoms with Crippen molar-refractivity contribution in [1.29, 1.82) is 0 Å². The molecule has 1 spiro atoms. The van der Waals surface area contributed by atoms with Crippen LogP contribution < -0.4 is 20.8 Å². The summed E-state index contributed by atoms with van der Waals surface area (Å²) in [6, 6.07) is 13.3. The predicted molar refractivity (Wildman–Crippen MR) is 292 cm³/mol. The highest BCUT2D eigenvalue weighted by Gasteiger charge is 2.58. The number of carbonyl (C=O) groups is 5. The zero-order valence-corrected chi connectivity index (χ0v) is 46.7. The highest BCUT2D eigenvalue weighted by atomic mass is 16.6. The Hall–Kier alpha value is -5.72. The van der Waals surface area contributed by atoms with Gasteiger partial charge in [-0.3, -0.25) is 39.3 Å². The van der Waals surface area contributed by atoms with Crippen LogP contribution in [0, 0.1) is 28.1 Å². The molecule has 17 nitrogen and oxygen atoms in total. The van der Waals surface area contributed by atoms with E-state index in [1.807, 2.05) is 43.9 Å². The van der Waals surface area contributed by atoms with Crippen LogP contribution in [0.15, 0.2) is 54.7 Å². The lowest BCUT2D eigenvalue weighted by Crippen LogP contribution is -2.62. The molecular weight excluding hydrogens is 977 g/mol. The largest absolute Gasteiger partial charge is 0.426 e. The van der Waals surface area contributed by atoms with Crippen molar-refractivity contribution >= 4 is 40.5 Å². The number of amides is 4. The third-order valence-corrected chi connectivity index (χ3v) is 17.1. The number of rotatable bonds is 11. The highest BCUT2D eigenvalue weighted by Crippen LogP contribution is 2.46. The lowest BCUT2D eigenvalue weighted by molar-refractivity contribution is -0.164. The van der Waals surface area contributed by atoms with Gasteiger partial charge < -0.3 is 39.0 Å². The monoisotopic (exact) mass is 1060 g/mol. The maximum Gasteiger partial charge on any atom is 0.316 e. The molecule has 1 saturated carbocycles. The fraction of sp³-hybridized carbons (Fsp3) is 0.600. The quantitative estimate of drug-likeness (QED) is 0.0703. The summed E-state index contributed by atoms with van der Waals surface area (Å²) in [5.41, 5.74) is 8.25. The third kappa shape index (κ3) is 10.9. The molecule has 7 heterocycles. The Morgan fingerprint density at radius 3 is 2.47 bits per heavy atom. The van der Waals surface area contributed by atoms with E-state index in [0.717, 1.165) is 57.4 Å². The van der Waals surface area contributed by atoms with E-state index in [0.29, 0.717) is 82.1 Å². The average molecular weight is 1060 g/mol. The summed E-state index contributed by atoms with van der Waals surface area (Å²) in [6.07, 6.45) is 5.22. The van der Waals surface area contributed by atoms with Gasteiger partial charge in [-0.15, -0.1) is 0 Å². The molecule has 5 fully saturated rings. The topological polar surface area (TPSA) is 207 Å². The third-order valence-electron chi connectivity index (χ3n) is 17.1. The number of nitrogens with zero attached hydrogens (tertiary/aromatic N) is 5. The molecule has 2 aromatic heterocycles. The number of esters is 1. The number of aromatic nitrogens is 2. The Morgan fingerprint density at radius 2 is 1.75 bits per heavy atom. The molecule has 6 bridgehead atoms. The number of ether oxygens (including phenoxy) is 3. The van der Waals surface area contributed by atoms with Crippen LogP contribution in [0.2, 0.25) is 0 Å². The zero-order valence-electron chi connectivity index (χ0n) is 46.7. The Morgan fingerprint density at radius 1 is 0.987 bits per heavy atom. The number of methoxy groups -OCH3 is 1. The van der Waals surface area contributed by atoms with Gasteiger partial charge in [0.1, 0.15) is 23.9 Å². The van der Waals surface area contributed by atoms with Gasteiger partial charge in [0, 0.05) is 75.0 Å². The van der Waals surface area contributed by atoms with Gasteiger partial charge in [-0.25, -0.2) is 5.43 Å². The second-order valence-corrected chi connectivity index (χ2v) is 25.0. The Labute approximate surface area is 453 Å². The van der Waals surface area contributed by atoms with Gasteiger partial charge in [0.05, 0.1) is 41.0 Å². The van der Waals surface area contributed by atoms with Gasteiger partial charge in [-0.1, -0.05) is 39.8 Å². The van der Waals surface area contributed by atoms with Crippen molar-refractivity contribution in [2.75, 3.05) is 39.9 Å². The van der Waals surface area contributed by atoms with Crippen molar-refractivity contribution in [3.05, 3.63) is 71.5 Å². The number of aliphatic hydroxyl groups is 1. The number of aliphatic hydroxyl groups excluding tert-OH is 1. The molecule has 4 N–H and O–H groups in total. The molecule has 1 aliphatic carbocycles. The second-order valence-electron chi connectivity index (χ2n) is 25.0. The molecule has 77 heavy (non-hydrogen) atoms. The van der Waals surface area contributed by atoms with Crippen molar-refractivity contribution in [3.63, 3.8) is 0 Å². The van der Waals surface area contributed by atoms with Crippen LogP contribution in [0.4, 0.5) is 0 Å². The summed E-state index contributed by atoms with van der Waals surface area (Å²) in [5, 5.41) is 20.8. The van der Waals surface area contributed by atoms with E-state index in [9.17, 15) is 19.5 Å². The van der Waals surface area contributed by atoms with E-state index in [1.54, 1.807) is 45.0 Å². The van der Waals surface area contributed by atoms with Crippen LogP contribution in [-0.2, 0) is 52.8 Å². The number of likely N-dealkylation sites (tertiary alicyclic amines) is 2. The molecule has 17 heteroatoms. The average Bonchev–Trinajstić information content (AvgIpc) is 4.38. The minimum Gasteiger partial charge on any atom is -0.426 e. The van der Waals surface area contributed by atoms with Crippen LogP contribution in [0.25, 0.3) is 33.3 Å². The molecule has 0 radical (unpaired) electrons. The van der Waals surface area contributed by atoms with Crippen LogP contribution >= 0.6 is 0 Å². The Kier molecular flexibility index (Phi) is 15.0. The maximum absolute atomic E-state index is 15.2. The number of pyridine rings is 1. The van der Waals surface area contributed by atoms with Crippen LogP contribution in [0.5, 0.6) is 5.75 Å². The first-order valence-electron chi connectivity index (χ1n) is 28.1. The molecule has 4 aromatic rings. The summed E-state index contributed by atoms with van der Waals surface area (Å²) in [4.78, 5) is 80.7. The SMILES string of the molecule is CCn1c(-c2cccnc2[C@H](C)OC)c2c3cc(ccc31)-c1cc(cc(OC(=O)C(C)(C)C)c1)C[C@H](NC(=O)[C@H](C(C)C)N1CC[C@]3(CCN(C(=O)[C@@H]4N[C@@H]4C4CC4)C3)C1=O)C(=O)N1CCC[C@H](N1)C(O)OCC(C)(C)C2. The van der Waals surface area contributed by atoms with E-state index in [2.05, 4.69) is 65.7 Å². The predicted octanol–water partition coefficient (Wildman–Crippen LogP) is 6.72.